The largest absolute Gasteiger partial charge is 0.374 e. The Labute approximate surface area is 83.8 Å². The van der Waals surface area contributed by atoms with Crippen molar-refractivity contribution in [2.24, 2.45) is 0 Å². The van der Waals surface area contributed by atoms with Gasteiger partial charge in [0.05, 0.1) is 12.2 Å². The van der Waals surface area contributed by atoms with E-state index in [1.807, 2.05) is 20.8 Å². The van der Waals surface area contributed by atoms with Crippen molar-refractivity contribution in [2.45, 2.75) is 44.0 Å². The van der Waals surface area contributed by atoms with Crippen LogP contribution in [0.3, 0.4) is 0 Å². The van der Waals surface area contributed by atoms with Gasteiger partial charge in [-0.05, 0) is 33.6 Å². The van der Waals surface area contributed by atoms with E-state index in [4.69, 9.17) is 15.4 Å². The molecule has 0 aromatic rings. The van der Waals surface area contributed by atoms with E-state index in [-0.39, 0.29) is 12.2 Å². The van der Waals surface area contributed by atoms with Crippen molar-refractivity contribution in [2.75, 3.05) is 6.61 Å². The maximum absolute atomic E-state index is 11.1. The van der Waals surface area contributed by atoms with Gasteiger partial charge in [0.1, 0.15) is 4.75 Å². The van der Waals surface area contributed by atoms with Gasteiger partial charge in [-0.1, -0.05) is 0 Å². The van der Waals surface area contributed by atoms with Crippen molar-refractivity contribution in [3.63, 3.8) is 0 Å². The lowest BCUT2D eigenvalue weighted by molar-refractivity contribution is -0.00511. The predicted molar refractivity (Wildman–Crippen MR) is 52.4 cm³/mol. The van der Waals surface area contributed by atoms with Crippen LogP contribution in [0.1, 0.15) is 33.6 Å². The summed E-state index contributed by atoms with van der Waals surface area (Å²) in [6.07, 6.45) is 1.24. The quantitative estimate of drug-likeness (QED) is 0.691. The third kappa shape index (κ3) is 2.82. The molecule has 0 bridgehead atoms. The molecule has 1 aliphatic rings. The Morgan fingerprint density at radius 2 is 1.85 bits per heavy atom. The van der Waals surface area contributed by atoms with Gasteiger partial charge in [-0.25, -0.2) is 8.42 Å². The van der Waals surface area contributed by atoms with Gasteiger partial charge in [-0.3, -0.25) is 0 Å². The van der Waals surface area contributed by atoms with Gasteiger partial charge in [0.15, 0.2) is 0 Å². The molecule has 3 nitrogen and oxygen atoms in total. The first kappa shape index (κ1) is 11.3. The summed E-state index contributed by atoms with van der Waals surface area (Å²) in [7, 11) is 1.84. The Hall–Kier alpha value is 0.200. The van der Waals surface area contributed by atoms with Gasteiger partial charge in [0.2, 0.25) is 9.05 Å². The van der Waals surface area contributed by atoms with E-state index in [0.717, 1.165) is 0 Å². The topological polar surface area (TPSA) is 43.4 Å². The van der Waals surface area contributed by atoms with E-state index in [1.165, 1.54) is 0 Å². The van der Waals surface area contributed by atoms with Crippen LogP contribution in [0.15, 0.2) is 0 Å². The molecular weight excluding hydrogens is 212 g/mol. The number of hydrogen-bond donors (Lipinski definition) is 0. The van der Waals surface area contributed by atoms with Crippen molar-refractivity contribution in [1.29, 1.82) is 0 Å². The summed E-state index contributed by atoms with van der Waals surface area (Å²) in [4.78, 5) is 0. The van der Waals surface area contributed by atoms with Crippen molar-refractivity contribution >= 4 is 19.7 Å². The number of hydrogen-bond acceptors (Lipinski definition) is 3. The molecule has 0 aromatic heterocycles. The van der Waals surface area contributed by atoms with Crippen molar-refractivity contribution in [3.05, 3.63) is 0 Å². The molecule has 1 aliphatic carbocycles. The van der Waals surface area contributed by atoms with Crippen LogP contribution in [0.5, 0.6) is 0 Å². The first-order valence-electron chi connectivity index (χ1n) is 4.25. The van der Waals surface area contributed by atoms with Crippen LogP contribution in [0.2, 0.25) is 0 Å². The number of halogens is 1. The Bertz CT molecular complexity index is 285. The maximum Gasteiger partial charge on any atom is 0.240 e. The van der Waals surface area contributed by atoms with E-state index >= 15 is 0 Å². The summed E-state index contributed by atoms with van der Waals surface area (Å²) in [6, 6.07) is 0. The smallest absolute Gasteiger partial charge is 0.240 e. The van der Waals surface area contributed by atoms with Crippen LogP contribution in [-0.4, -0.2) is 25.4 Å². The maximum atomic E-state index is 11.1. The normalized spacial score (nSPS) is 21.5. The molecular formula is C8H15ClO3S. The van der Waals surface area contributed by atoms with Gasteiger partial charge in [0, 0.05) is 10.7 Å². The zero-order valence-electron chi connectivity index (χ0n) is 8.13. The lowest BCUT2D eigenvalue weighted by atomic mass is 10.2. The first-order chi connectivity index (χ1) is 5.66. The lowest BCUT2D eigenvalue weighted by Gasteiger charge is -2.22. The van der Waals surface area contributed by atoms with Crippen LogP contribution in [0.25, 0.3) is 0 Å². The minimum absolute atomic E-state index is 0.211. The lowest BCUT2D eigenvalue weighted by Crippen LogP contribution is -2.31. The van der Waals surface area contributed by atoms with E-state index in [9.17, 15) is 8.42 Å². The summed E-state index contributed by atoms with van der Waals surface area (Å²) in [5.74, 6) is 0. The molecule has 0 amide bonds. The molecule has 0 aliphatic heterocycles. The standard InChI is InChI=1S/C8H15ClO3S/c1-7(2,3)12-6-8(4-5-8)13(9,10)11/h4-6H2,1-3H3. The van der Waals surface area contributed by atoms with E-state index in [2.05, 4.69) is 0 Å². The Balaban J connectivity index is 2.56. The molecule has 0 saturated heterocycles. The SMILES string of the molecule is CC(C)(C)OCC1(S(=O)(=O)Cl)CC1. The van der Waals surface area contributed by atoms with Crippen LogP contribution in [-0.2, 0) is 13.8 Å². The van der Waals surface area contributed by atoms with Crippen LogP contribution >= 0.6 is 10.7 Å². The second-order valence-electron chi connectivity index (χ2n) is 4.52. The highest BCUT2D eigenvalue weighted by Crippen LogP contribution is 2.46. The van der Waals surface area contributed by atoms with Crippen LogP contribution in [0, 0.1) is 0 Å². The van der Waals surface area contributed by atoms with Gasteiger partial charge < -0.3 is 4.74 Å². The van der Waals surface area contributed by atoms with Gasteiger partial charge in [-0.15, -0.1) is 0 Å². The molecule has 0 unspecified atom stereocenters. The second-order valence-corrected chi connectivity index (χ2v) is 7.48. The van der Waals surface area contributed by atoms with Crippen molar-refractivity contribution < 1.29 is 13.2 Å². The molecule has 0 aromatic carbocycles. The summed E-state index contributed by atoms with van der Waals surface area (Å²) in [5, 5.41) is 0. The fourth-order valence-electron chi connectivity index (χ4n) is 0.946. The third-order valence-corrected chi connectivity index (χ3v) is 4.64. The third-order valence-electron chi connectivity index (χ3n) is 2.09. The summed E-state index contributed by atoms with van der Waals surface area (Å²) in [5.41, 5.74) is -0.308. The van der Waals surface area contributed by atoms with E-state index in [0.29, 0.717) is 12.8 Å². The minimum atomic E-state index is -3.47. The van der Waals surface area contributed by atoms with E-state index in [1.54, 1.807) is 0 Å². The Morgan fingerprint density at radius 3 is 2.08 bits per heavy atom. The van der Waals surface area contributed by atoms with Gasteiger partial charge in [0.25, 0.3) is 0 Å². The molecule has 0 radical (unpaired) electrons. The molecule has 0 N–H and O–H groups in total. The van der Waals surface area contributed by atoms with Crippen molar-refractivity contribution in [3.8, 4) is 0 Å². The number of ether oxygens (including phenoxy) is 1. The summed E-state index contributed by atoms with van der Waals surface area (Å²) >= 11 is 0. The average Bonchev–Trinajstić information content (AvgIpc) is 2.58. The number of rotatable bonds is 3. The highest BCUT2D eigenvalue weighted by Gasteiger charge is 2.54. The van der Waals surface area contributed by atoms with Crippen LogP contribution < -0.4 is 0 Å². The molecule has 13 heavy (non-hydrogen) atoms. The van der Waals surface area contributed by atoms with Gasteiger partial charge in [-0.2, -0.15) is 0 Å². The molecule has 0 heterocycles. The first-order valence-corrected chi connectivity index (χ1v) is 6.55. The molecule has 5 heteroatoms. The predicted octanol–water partition coefficient (Wildman–Crippen LogP) is 1.90. The highest BCUT2D eigenvalue weighted by atomic mass is 35.7. The monoisotopic (exact) mass is 226 g/mol. The molecule has 1 saturated carbocycles. The van der Waals surface area contributed by atoms with Gasteiger partial charge >= 0.3 is 0 Å². The molecule has 0 spiro atoms. The zero-order valence-corrected chi connectivity index (χ0v) is 9.70. The Kier molecular flexibility index (Phi) is 2.69. The Morgan fingerprint density at radius 1 is 1.38 bits per heavy atom. The molecule has 78 valence electrons. The summed E-state index contributed by atoms with van der Waals surface area (Å²) in [6.45, 7) is 5.89. The highest BCUT2D eigenvalue weighted by molar-refractivity contribution is 8.15. The summed E-state index contributed by atoms with van der Waals surface area (Å²) < 4.78 is 26.9. The minimum Gasteiger partial charge on any atom is -0.374 e. The second kappa shape index (κ2) is 3.11. The molecule has 1 rings (SSSR count). The van der Waals surface area contributed by atoms with Crippen LogP contribution in [0.4, 0.5) is 0 Å². The fourth-order valence-corrected chi connectivity index (χ4v) is 2.33. The van der Waals surface area contributed by atoms with Crippen molar-refractivity contribution in [1.82, 2.24) is 0 Å². The molecule has 1 fully saturated rings. The fraction of sp³-hybridized carbons (Fsp3) is 1.00. The molecule has 0 atom stereocenters. The van der Waals surface area contributed by atoms with E-state index < -0.39 is 13.8 Å². The zero-order chi connectivity index (χ0) is 10.3. The average molecular weight is 227 g/mol.